The van der Waals surface area contributed by atoms with Crippen LogP contribution in [0.3, 0.4) is 0 Å². The number of piperidine rings is 1. The highest BCUT2D eigenvalue weighted by Crippen LogP contribution is 2.39. The topological polar surface area (TPSA) is 85.3 Å². The molecule has 5 heterocycles. The van der Waals surface area contributed by atoms with Crippen molar-refractivity contribution < 1.29 is 9.90 Å². The molecule has 28 heavy (non-hydrogen) atoms. The number of hydrogen-bond donors (Lipinski definition) is 2. The van der Waals surface area contributed by atoms with Gasteiger partial charge < -0.3 is 15.0 Å². The minimum Gasteiger partial charge on any atom is -0.389 e. The molecule has 2 aliphatic rings. The summed E-state index contributed by atoms with van der Waals surface area (Å²) >= 11 is 0. The van der Waals surface area contributed by atoms with Crippen molar-refractivity contribution in [3.8, 4) is 0 Å². The van der Waals surface area contributed by atoms with Crippen LogP contribution in [0.4, 0.5) is 0 Å². The molecule has 3 unspecified atom stereocenters. The van der Waals surface area contributed by atoms with Crippen molar-refractivity contribution in [3.05, 3.63) is 36.3 Å². The first-order valence-electron chi connectivity index (χ1n) is 9.94. The van der Waals surface area contributed by atoms with Gasteiger partial charge >= 0.3 is 0 Å². The Kier molecular flexibility index (Phi) is 4.10. The van der Waals surface area contributed by atoms with Crippen molar-refractivity contribution >= 4 is 28.3 Å². The van der Waals surface area contributed by atoms with Crippen LogP contribution in [0.25, 0.3) is 21.9 Å². The molecule has 3 aromatic rings. The fourth-order valence-corrected chi connectivity index (χ4v) is 4.98. The lowest BCUT2D eigenvalue weighted by Gasteiger charge is -2.42. The van der Waals surface area contributed by atoms with Crippen molar-refractivity contribution in [2.45, 2.75) is 43.9 Å². The Labute approximate surface area is 163 Å². The van der Waals surface area contributed by atoms with Gasteiger partial charge in [0.15, 0.2) is 0 Å². The number of pyridine rings is 2. The predicted octanol–water partition coefficient (Wildman–Crippen LogP) is 2.23. The minimum absolute atomic E-state index is 0.0250. The molecule has 5 rings (SSSR count). The molecular formula is C21H25N5O2. The Morgan fingerprint density at radius 1 is 1.32 bits per heavy atom. The normalized spacial score (nSPS) is 29.0. The first-order valence-corrected chi connectivity index (χ1v) is 9.94. The Morgan fingerprint density at radius 2 is 2.21 bits per heavy atom. The second kappa shape index (κ2) is 6.53. The van der Waals surface area contributed by atoms with E-state index in [9.17, 15) is 9.90 Å². The van der Waals surface area contributed by atoms with Crippen molar-refractivity contribution in [2.24, 2.45) is 0 Å². The van der Waals surface area contributed by atoms with Gasteiger partial charge in [-0.3, -0.25) is 14.7 Å². The molecule has 0 aromatic carbocycles. The lowest BCUT2D eigenvalue weighted by molar-refractivity contribution is -0.126. The number of fused-ring (bicyclic) bond motifs is 3. The van der Waals surface area contributed by atoms with Crippen LogP contribution in [-0.4, -0.2) is 67.7 Å². The predicted molar refractivity (Wildman–Crippen MR) is 107 cm³/mol. The molecule has 3 aromatic heterocycles. The van der Waals surface area contributed by atoms with Crippen molar-refractivity contribution in [1.29, 1.82) is 0 Å². The van der Waals surface area contributed by atoms with Gasteiger partial charge in [-0.15, -0.1) is 0 Å². The van der Waals surface area contributed by atoms with Crippen LogP contribution in [0.2, 0.25) is 0 Å². The Hall–Kier alpha value is -2.51. The average molecular weight is 379 g/mol. The lowest BCUT2D eigenvalue weighted by atomic mass is 9.85. The summed E-state index contributed by atoms with van der Waals surface area (Å²) in [5, 5.41) is 12.7. The summed E-state index contributed by atoms with van der Waals surface area (Å²) in [7, 11) is 0. The maximum atomic E-state index is 11.7. The third kappa shape index (κ3) is 2.86. The first kappa shape index (κ1) is 17.6. The molecule has 2 N–H and O–H groups in total. The van der Waals surface area contributed by atoms with E-state index in [1.807, 2.05) is 30.4 Å². The lowest BCUT2D eigenvalue weighted by Crippen LogP contribution is -2.51. The first-order chi connectivity index (χ1) is 13.6. The molecule has 3 atom stereocenters. The van der Waals surface area contributed by atoms with E-state index in [1.165, 1.54) is 5.56 Å². The zero-order valence-electron chi connectivity index (χ0n) is 16.0. The number of β-amino-alcohol motifs (C(OH)–C–C–N with tert-alkyl or cyclic N) is 1. The summed E-state index contributed by atoms with van der Waals surface area (Å²) in [4.78, 5) is 28.0. The van der Waals surface area contributed by atoms with E-state index < -0.39 is 5.60 Å². The summed E-state index contributed by atoms with van der Waals surface area (Å²) in [6, 6.07) is 4.18. The van der Waals surface area contributed by atoms with E-state index in [4.69, 9.17) is 0 Å². The number of H-pyrrole nitrogens is 1. The second-order valence-electron chi connectivity index (χ2n) is 8.42. The minimum atomic E-state index is -0.673. The molecule has 146 valence electrons. The van der Waals surface area contributed by atoms with Gasteiger partial charge in [-0.05, 0) is 49.8 Å². The van der Waals surface area contributed by atoms with Gasteiger partial charge in [0.05, 0.1) is 23.5 Å². The molecule has 2 saturated heterocycles. The Balaban J connectivity index is 1.53. The molecule has 1 amide bonds. The van der Waals surface area contributed by atoms with Gasteiger partial charge in [0.25, 0.3) is 0 Å². The van der Waals surface area contributed by atoms with Gasteiger partial charge in [-0.1, -0.05) is 0 Å². The maximum absolute atomic E-state index is 11.7. The molecule has 7 nitrogen and oxygen atoms in total. The van der Waals surface area contributed by atoms with Crippen LogP contribution < -0.4 is 0 Å². The Bertz CT molecular complexity index is 1030. The smallest absolute Gasteiger partial charge is 0.210 e. The number of nitrogens with one attached hydrogen (secondary N) is 1. The van der Waals surface area contributed by atoms with Crippen molar-refractivity contribution in [1.82, 2.24) is 24.8 Å². The number of likely N-dealkylation sites (tertiary alicyclic amines) is 2. The zero-order chi connectivity index (χ0) is 19.3. The molecule has 2 aliphatic heterocycles. The largest absolute Gasteiger partial charge is 0.389 e. The van der Waals surface area contributed by atoms with E-state index in [0.29, 0.717) is 12.5 Å². The zero-order valence-corrected chi connectivity index (χ0v) is 16.0. The molecule has 0 saturated carbocycles. The van der Waals surface area contributed by atoms with Crippen LogP contribution in [0.5, 0.6) is 0 Å². The average Bonchev–Trinajstić information content (AvgIpc) is 3.33. The maximum Gasteiger partial charge on any atom is 0.210 e. The van der Waals surface area contributed by atoms with E-state index in [-0.39, 0.29) is 6.17 Å². The van der Waals surface area contributed by atoms with Crippen molar-refractivity contribution in [2.75, 3.05) is 19.6 Å². The number of rotatable bonds is 3. The molecule has 0 bridgehead atoms. The molecule has 0 spiro atoms. The van der Waals surface area contributed by atoms with Crippen LogP contribution >= 0.6 is 0 Å². The molecule has 2 fully saturated rings. The fourth-order valence-electron chi connectivity index (χ4n) is 4.98. The summed E-state index contributed by atoms with van der Waals surface area (Å²) < 4.78 is 0. The molecular weight excluding hydrogens is 354 g/mol. The highest BCUT2D eigenvalue weighted by atomic mass is 16.3. The van der Waals surface area contributed by atoms with Gasteiger partial charge in [0, 0.05) is 42.8 Å². The highest BCUT2D eigenvalue weighted by molar-refractivity contribution is 6.05. The van der Waals surface area contributed by atoms with Gasteiger partial charge in [0.1, 0.15) is 5.65 Å². The number of carbonyl (C=O) groups excluding carboxylic acids is 1. The molecule has 0 radical (unpaired) electrons. The van der Waals surface area contributed by atoms with E-state index in [1.54, 1.807) is 0 Å². The SMILES string of the molecule is CC1(O)CCN(C2CC(c3ccnc4cnc5[nH]ccc5c34)CCN2C=O)C1. The third-order valence-electron chi connectivity index (χ3n) is 6.41. The van der Waals surface area contributed by atoms with Crippen LogP contribution in [0.15, 0.2) is 30.7 Å². The summed E-state index contributed by atoms with van der Waals surface area (Å²) in [5.74, 6) is 0.331. The quantitative estimate of drug-likeness (QED) is 0.682. The molecule has 0 aliphatic carbocycles. The van der Waals surface area contributed by atoms with Crippen molar-refractivity contribution in [3.63, 3.8) is 0 Å². The van der Waals surface area contributed by atoms with Crippen LogP contribution in [-0.2, 0) is 4.79 Å². The summed E-state index contributed by atoms with van der Waals surface area (Å²) in [6.07, 6.45) is 9.12. The van der Waals surface area contributed by atoms with Gasteiger partial charge in [-0.25, -0.2) is 4.98 Å². The third-order valence-corrected chi connectivity index (χ3v) is 6.41. The molecule has 7 heteroatoms. The number of amides is 1. The number of hydrogen-bond acceptors (Lipinski definition) is 5. The van der Waals surface area contributed by atoms with E-state index >= 15 is 0 Å². The highest BCUT2D eigenvalue weighted by Gasteiger charge is 2.40. The number of aromatic nitrogens is 3. The van der Waals surface area contributed by atoms with E-state index in [2.05, 4.69) is 32.0 Å². The Morgan fingerprint density at radius 3 is 3.00 bits per heavy atom. The number of aromatic amines is 1. The number of aliphatic hydroxyl groups is 1. The van der Waals surface area contributed by atoms with Crippen LogP contribution in [0.1, 0.15) is 37.7 Å². The second-order valence-corrected chi connectivity index (χ2v) is 8.42. The monoisotopic (exact) mass is 379 g/mol. The number of carbonyl (C=O) groups is 1. The van der Waals surface area contributed by atoms with Gasteiger partial charge in [-0.2, -0.15) is 0 Å². The summed E-state index contributed by atoms with van der Waals surface area (Å²) in [5.41, 5.74) is 2.38. The number of nitrogens with zero attached hydrogens (tertiary/aromatic N) is 4. The van der Waals surface area contributed by atoms with E-state index in [0.717, 1.165) is 60.7 Å². The van der Waals surface area contributed by atoms with Gasteiger partial charge in [0.2, 0.25) is 6.41 Å². The standard InChI is InChI=1S/C21H25N5O2/c1-21(28)5-9-25(12-21)18-10-14(4-8-26(18)13-27)15-2-6-22-17-11-24-20-16(19(15)17)3-7-23-20/h2-3,6-7,11,13-14,18,28H,4-5,8-10,12H2,1H3,(H,23,24). The fraction of sp³-hybridized carbons (Fsp3) is 0.476. The van der Waals surface area contributed by atoms with Crippen LogP contribution in [0, 0.1) is 0 Å². The summed E-state index contributed by atoms with van der Waals surface area (Å²) in [6.45, 7) is 4.03.